The summed E-state index contributed by atoms with van der Waals surface area (Å²) in [6.07, 6.45) is 3.34. The fourth-order valence-corrected chi connectivity index (χ4v) is 4.65. The summed E-state index contributed by atoms with van der Waals surface area (Å²) < 4.78 is 8.77. The molecule has 4 heterocycles. The third kappa shape index (κ3) is 4.28. The smallest absolute Gasteiger partial charge is 0.326 e. The zero-order chi connectivity index (χ0) is 25.4. The van der Waals surface area contributed by atoms with Crippen molar-refractivity contribution in [3.05, 3.63) is 61.2 Å². The van der Waals surface area contributed by atoms with E-state index in [0.717, 1.165) is 29.8 Å². The average Bonchev–Trinajstić information content (AvgIpc) is 3.53. The molecule has 188 valence electrons. The van der Waals surface area contributed by atoms with Crippen molar-refractivity contribution in [3.63, 3.8) is 0 Å². The number of fused-ring (bicyclic) bond motifs is 2. The van der Waals surface area contributed by atoms with Gasteiger partial charge in [0, 0.05) is 31.9 Å². The molecule has 0 spiro atoms. The van der Waals surface area contributed by atoms with E-state index >= 15 is 0 Å². The monoisotopic (exact) mass is 498 g/mol. The summed E-state index contributed by atoms with van der Waals surface area (Å²) in [4.78, 5) is 35.6. The number of imidazole rings is 2. The molecule has 1 N–H and O–H groups in total. The molecule has 3 aromatic heterocycles. The van der Waals surface area contributed by atoms with Gasteiger partial charge in [-0.05, 0) is 43.3 Å². The van der Waals surface area contributed by atoms with Crippen LogP contribution in [0.15, 0.2) is 61.2 Å². The Morgan fingerprint density at radius 1 is 0.946 bits per heavy atom. The van der Waals surface area contributed by atoms with E-state index in [1.165, 1.54) is 0 Å². The number of anilines is 2. The van der Waals surface area contributed by atoms with E-state index in [2.05, 4.69) is 19.8 Å². The summed E-state index contributed by atoms with van der Waals surface area (Å²) in [5, 5.41) is 9.61. The number of aromatic hydroxyl groups is 1. The zero-order valence-corrected chi connectivity index (χ0v) is 20.4. The lowest BCUT2D eigenvalue weighted by Crippen LogP contribution is -2.47. The maximum absolute atomic E-state index is 12.3. The molecule has 37 heavy (non-hydrogen) atoms. The van der Waals surface area contributed by atoms with E-state index < -0.39 is 0 Å². The number of nitrogens with zero attached hydrogens (tertiary/aromatic N) is 8. The highest BCUT2D eigenvalue weighted by atomic mass is 16.5. The largest absolute Gasteiger partial charge is 0.508 e. The van der Waals surface area contributed by atoms with E-state index in [1.807, 2.05) is 41.0 Å². The summed E-state index contributed by atoms with van der Waals surface area (Å²) in [6, 6.07) is 15.1. The highest BCUT2D eigenvalue weighted by Gasteiger charge is 2.24. The van der Waals surface area contributed by atoms with Crippen LogP contribution in [0.3, 0.4) is 0 Å². The van der Waals surface area contributed by atoms with Crippen molar-refractivity contribution >= 4 is 39.8 Å². The molecular formula is C26H26N8O3. The van der Waals surface area contributed by atoms with Crippen molar-refractivity contribution in [1.29, 1.82) is 0 Å². The standard InChI is InChI=1S/C26H26N8O3/c1-2-37-22(36)15-33-16-28-23-24(33)29-26(30-25(23)34-17-27-20-5-3-4-6-21(20)34)32-13-11-31(12-14-32)18-7-9-19(35)10-8-18/h3-10,16-17,35H,2,11-15H2,1H3. The van der Waals surface area contributed by atoms with Crippen molar-refractivity contribution in [3.8, 4) is 11.6 Å². The summed E-state index contributed by atoms with van der Waals surface area (Å²) in [7, 11) is 0. The Hall–Kier alpha value is -4.67. The second-order valence-electron chi connectivity index (χ2n) is 8.79. The first kappa shape index (κ1) is 22.8. The molecule has 1 saturated heterocycles. The number of hydrogen-bond donors (Lipinski definition) is 1. The molecule has 0 aliphatic carbocycles. The molecule has 11 nitrogen and oxygen atoms in total. The number of carbonyl (C=O) groups is 1. The van der Waals surface area contributed by atoms with Gasteiger partial charge in [-0.1, -0.05) is 12.1 Å². The van der Waals surface area contributed by atoms with Gasteiger partial charge in [-0.15, -0.1) is 0 Å². The van der Waals surface area contributed by atoms with Crippen molar-refractivity contribution in [2.75, 3.05) is 42.6 Å². The first-order valence-corrected chi connectivity index (χ1v) is 12.2. The molecule has 2 aromatic carbocycles. The first-order valence-electron chi connectivity index (χ1n) is 12.2. The second-order valence-corrected chi connectivity index (χ2v) is 8.79. The van der Waals surface area contributed by atoms with Gasteiger partial charge in [0.15, 0.2) is 17.0 Å². The Bertz CT molecular complexity index is 1570. The van der Waals surface area contributed by atoms with Gasteiger partial charge in [0.05, 0.1) is 24.0 Å². The molecule has 0 bridgehead atoms. The van der Waals surface area contributed by atoms with Crippen LogP contribution < -0.4 is 9.80 Å². The van der Waals surface area contributed by atoms with E-state index in [-0.39, 0.29) is 18.3 Å². The van der Waals surface area contributed by atoms with Crippen LogP contribution in [-0.2, 0) is 16.1 Å². The molecule has 11 heteroatoms. The lowest BCUT2D eigenvalue weighted by molar-refractivity contribution is -0.143. The lowest BCUT2D eigenvalue weighted by atomic mass is 10.2. The molecule has 0 saturated carbocycles. The predicted molar refractivity (Wildman–Crippen MR) is 139 cm³/mol. The van der Waals surface area contributed by atoms with Gasteiger partial charge in [-0.2, -0.15) is 9.97 Å². The van der Waals surface area contributed by atoms with Crippen LogP contribution in [0, 0.1) is 0 Å². The van der Waals surface area contributed by atoms with Crippen LogP contribution in [0.25, 0.3) is 28.0 Å². The quantitative estimate of drug-likeness (QED) is 0.353. The summed E-state index contributed by atoms with van der Waals surface area (Å²) in [5.74, 6) is 1.08. The number of carbonyl (C=O) groups excluding carboxylic acids is 1. The second kappa shape index (κ2) is 9.41. The van der Waals surface area contributed by atoms with Crippen LogP contribution in [-0.4, -0.2) is 72.9 Å². The summed E-state index contributed by atoms with van der Waals surface area (Å²) >= 11 is 0. The normalized spacial score (nSPS) is 14.0. The summed E-state index contributed by atoms with van der Waals surface area (Å²) in [5.41, 5.74) is 3.97. The Kier molecular flexibility index (Phi) is 5.79. The van der Waals surface area contributed by atoms with Gasteiger partial charge in [0.1, 0.15) is 18.6 Å². The maximum atomic E-state index is 12.3. The zero-order valence-electron chi connectivity index (χ0n) is 20.4. The number of phenols is 1. The number of aromatic nitrogens is 6. The van der Waals surface area contributed by atoms with Crippen LogP contribution in [0.5, 0.6) is 5.75 Å². The molecule has 0 unspecified atom stereocenters. The first-order chi connectivity index (χ1) is 18.1. The molecule has 0 radical (unpaired) electrons. The van der Waals surface area contributed by atoms with Gasteiger partial charge in [-0.3, -0.25) is 9.36 Å². The highest BCUT2D eigenvalue weighted by Crippen LogP contribution is 2.27. The minimum absolute atomic E-state index is 0.0134. The number of benzene rings is 2. The minimum atomic E-state index is -0.348. The van der Waals surface area contributed by atoms with Crippen molar-refractivity contribution in [2.24, 2.45) is 0 Å². The Balaban J connectivity index is 1.38. The van der Waals surface area contributed by atoms with Crippen molar-refractivity contribution in [1.82, 2.24) is 29.1 Å². The fourth-order valence-electron chi connectivity index (χ4n) is 4.65. The molecule has 5 aromatic rings. The van der Waals surface area contributed by atoms with Gasteiger partial charge in [-0.25, -0.2) is 9.97 Å². The molecular weight excluding hydrogens is 472 g/mol. The Morgan fingerprint density at radius 2 is 1.70 bits per heavy atom. The number of para-hydroxylation sites is 2. The fraction of sp³-hybridized carbons (Fsp3) is 0.269. The third-order valence-electron chi connectivity index (χ3n) is 6.50. The van der Waals surface area contributed by atoms with E-state index in [1.54, 1.807) is 36.3 Å². The maximum Gasteiger partial charge on any atom is 0.326 e. The van der Waals surface area contributed by atoms with Crippen LogP contribution >= 0.6 is 0 Å². The average molecular weight is 499 g/mol. The number of phenolic OH excluding ortho intramolecular Hbond substituents is 1. The molecule has 1 fully saturated rings. The molecule has 1 aliphatic rings. The SMILES string of the molecule is CCOC(=O)Cn1cnc2c(-n3cnc4ccccc43)nc(N3CCN(c4ccc(O)cc4)CC3)nc21. The Labute approximate surface area is 212 Å². The van der Waals surface area contributed by atoms with E-state index in [9.17, 15) is 9.90 Å². The van der Waals surface area contributed by atoms with Gasteiger partial charge >= 0.3 is 5.97 Å². The molecule has 1 aliphatic heterocycles. The van der Waals surface area contributed by atoms with Crippen LogP contribution in [0.1, 0.15) is 6.92 Å². The lowest BCUT2D eigenvalue weighted by Gasteiger charge is -2.36. The number of hydrogen-bond acceptors (Lipinski definition) is 9. The van der Waals surface area contributed by atoms with Crippen molar-refractivity contribution < 1.29 is 14.6 Å². The van der Waals surface area contributed by atoms with Gasteiger partial charge in [0.2, 0.25) is 5.95 Å². The van der Waals surface area contributed by atoms with Gasteiger partial charge in [0.25, 0.3) is 0 Å². The van der Waals surface area contributed by atoms with E-state index in [0.29, 0.717) is 42.6 Å². The highest BCUT2D eigenvalue weighted by molar-refractivity contribution is 5.85. The van der Waals surface area contributed by atoms with Crippen molar-refractivity contribution in [2.45, 2.75) is 13.5 Å². The number of esters is 1. The number of piperazine rings is 1. The van der Waals surface area contributed by atoms with Crippen LogP contribution in [0.2, 0.25) is 0 Å². The van der Waals surface area contributed by atoms with E-state index in [4.69, 9.17) is 14.7 Å². The topological polar surface area (TPSA) is 114 Å². The minimum Gasteiger partial charge on any atom is -0.508 e. The number of ether oxygens (including phenoxy) is 1. The third-order valence-corrected chi connectivity index (χ3v) is 6.50. The molecule has 0 atom stereocenters. The Morgan fingerprint density at radius 3 is 2.49 bits per heavy atom. The van der Waals surface area contributed by atoms with Crippen LogP contribution in [0.4, 0.5) is 11.6 Å². The molecule has 0 amide bonds. The molecule has 6 rings (SSSR count). The predicted octanol–water partition coefficient (Wildman–Crippen LogP) is 2.76. The van der Waals surface area contributed by atoms with Gasteiger partial charge < -0.3 is 24.2 Å². The summed E-state index contributed by atoms with van der Waals surface area (Å²) in [6.45, 7) is 5.08. The number of rotatable bonds is 6.